The highest BCUT2D eigenvalue weighted by atomic mass is 32.2. The van der Waals surface area contributed by atoms with Gasteiger partial charge in [-0.3, -0.25) is 9.59 Å². The average Bonchev–Trinajstić information content (AvgIpc) is 4.10. The number of pyridine rings is 2. The fraction of sp³-hybridized carbons (Fsp3) is 0.189. The van der Waals surface area contributed by atoms with E-state index in [9.17, 15) is 31.2 Å². The van der Waals surface area contributed by atoms with Crippen LogP contribution in [0.1, 0.15) is 43.3 Å². The zero-order valence-corrected chi connectivity index (χ0v) is 45.0. The van der Waals surface area contributed by atoms with Crippen LogP contribution in [0.4, 0.5) is 50.8 Å². The van der Waals surface area contributed by atoms with E-state index >= 15 is 0 Å². The smallest absolute Gasteiger partial charge is 0.408 e. The lowest BCUT2D eigenvalue weighted by Gasteiger charge is -2.23. The first-order chi connectivity index (χ1) is 37.5. The number of nitrogen functional groups attached to an aromatic ring is 2. The highest BCUT2D eigenvalue weighted by molar-refractivity contribution is 7.90. The molecular formula is C53H56N16O8S2. The van der Waals surface area contributed by atoms with E-state index in [-0.39, 0.29) is 51.6 Å². The molecule has 8 aromatic rings. The molecule has 4 heterocycles. The van der Waals surface area contributed by atoms with E-state index in [4.69, 9.17) is 21.9 Å². The number of ether oxygens (including phenoxy) is 1. The molecule has 0 aliphatic heterocycles. The highest BCUT2D eigenvalue weighted by Gasteiger charge is 2.28. The number of alkyl carbamates (subject to hydrolysis) is 1. The van der Waals surface area contributed by atoms with Crippen LogP contribution in [-0.2, 0) is 47.2 Å². The minimum atomic E-state index is -3.92. The third-order valence-corrected chi connectivity index (χ3v) is 14.2. The average molecular weight is 1110 g/mol. The molecule has 79 heavy (non-hydrogen) atoms. The first-order valence-electron chi connectivity index (χ1n) is 24.1. The van der Waals surface area contributed by atoms with Crippen LogP contribution in [0.15, 0.2) is 189 Å². The van der Waals surface area contributed by atoms with Crippen molar-refractivity contribution in [1.29, 1.82) is 0 Å². The Morgan fingerprint density at radius 2 is 1.00 bits per heavy atom. The lowest BCUT2D eigenvalue weighted by atomic mass is 10.1. The second-order valence-electron chi connectivity index (χ2n) is 18.5. The Hall–Kier alpha value is -9.53. The predicted molar refractivity (Wildman–Crippen MR) is 296 cm³/mol. The number of rotatable bonds is 17. The number of aromatic nitrogens is 6. The minimum absolute atomic E-state index is 0.0150. The van der Waals surface area contributed by atoms with Crippen molar-refractivity contribution in [2.75, 3.05) is 22.1 Å². The molecule has 4 aromatic carbocycles. The van der Waals surface area contributed by atoms with Crippen LogP contribution in [0.3, 0.4) is 0 Å². The Labute approximate surface area is 455 Å². The zero-order chi connectivity index (χ0) is 56.9. The van der Waals surface area contributed by atoms with Crippen LogP contribution in [0.5, 0.6) is 0 Å². The van der Waals surface area contributed by atoms with E-state index in [0.717, 1.165) is 25.4 Å². The van der Waals surface area contributed by atoms with Gasteiger partial charge in [-0.25, -0.2) is 49.5 Å². The number of imidazole rings is 2. The third kappa shape index (κ3) is 16.0. The Kier molecular flexibility index (Phi) is 18.2. The fourth-order valence-corrected chi connectivity index (χ4v) is 9.21. The number of anilines is 4. The van der Waals surface area contributed by atoms with E-state index in [0.29, 0.717) is 28.4 Å². The van der Waals surface area contributed by atoms with Crippen LogP contribution in [0.2, 0.25) is 0 Å². The number of nitrogens with zero attached hydrogens (tertiary/aromatic N) is 10. The molecule has 408 valence electrons. The van der Waals surface area contributed by atoms with Crippen LogP contribution in [-0.4, -0.2) is 80.3 Å². The van der Waals surface area contributed by atoms with Crippen molar-refractivity contribution in [2.45, 2.75) is 74.9 Å². The number of amides is 3. The molecule has 8 rings (SSSR count). The monoisotopic (exact) mass is 1110 g/mol. The van der Waals surface area contributed by atoms with Crippen LogP contribution < -0.4 is 33.2 Å². The second-order valence-corrected chi connectivity index (χ2v) is 22.2. The Balaban J connectivity index is 0.000000232. The summed E-state index contributed by atoms with van der Waals surface area (Å²) in [4.78, 5) is 55.3. The molecule has 0 aliphatic rings. The molecule has 24 nitrogen and oxygen atoms in total. The first-order valence-corrected chi connectivity index (χ1v) is 26.9. The van der Waals surface area contributed by atoms with Crippen molar-refractivity contribution < 1.29 is 36.0 Å². The van der Waals surface area contributed by atoms with Gasteiger partial charge >= 0.3 is 6.09 Å². The summed E-state index contributed by atoms with van der Waals surface area (Å²) in [5.41, 5.74) is 21.5. The molecule has 2 atom stereocenters. The number of azo groups is 2. The molecule has 0 radical (unpaired) electrons. The molecule has 9 N–H and O–H groups in total. The molecular weight excluding hydrogens is 1050 g/mol. The van der Waals surface area contributed by atoms with Crippen molar-refractivity contribution in [3.05, 3.63) is 181 Å². The van der Waals surface area contributed by atoms with Crippen molar-refractivity contribution in [2.24, 2.45) is 26.2 Å². The lowest BCUT2D eigenvalue weighted by Crippen LogP contribution is -2.47. The van der Waals surface area contributed by atoms with E-state index in [1.165, 1.54) is 61.2 Å². The van der Waals surface area contributed by atoms with Gasteiger partial charge < -0.3 is 37.9 Å². The standard InChI is InChI=1S/C29H32N8O5S.C24H24N8O3S/c1-19-10-12-22(13-11-19)43(40,41)37-17-21(31-18-37)16-24(32-28(39)42-29(2,3)4)27(38)34-25-15-14-23(26(30)33-25)36-35-20-8-6-5-7-9-20;1-16-7-9-19(10-8-16)36(34,35)32-14-18(27-15-32)13-20(25)24(33)29-22-12-11-21(23(26)28-22)31-30-17-5-3-2-4-6-17/h5-15,17-18,24H,16H2,1-4H3,(H,32,39)(H3,30,33,34,38);2-12,14-15,20H,13,25H2,1H3,(H3,26,28,29,33)/t24-;20-/m00/s1. The number of nitrogens with one attached hydrogen (secondary N) is 3. The maximum absolute atomic E-state index is 13.3. The number of hydrogen-bond acceptors (Lipinski definition) is 19. The Morgan fingerprint density at radius 3 is 1.42 bits per heavy atom. The summed E-state index contributed by atoms with van der Waals surface area (Å²) >= 11 is 0. The maximum atomic E-state index is 13.3. The number of nitrogens with two attached hydrogens (primary N) is 3. The van der Waals surface area contributed by atoms with Gasteiger partial charge in [-0.15, -0.1) is 10.2 Å². The molecule has 0 aliphatic carbocycles. The molecule has 4 aromatic heterocycles. The van der Waals surface area contributed by atoms with Crippen molar-refractivity contribution in [1.82, 2.24) is 33.2 Å². The quantitative estimate of drug-likeness (QED) is 0.0468. The fourth-order valence-electron chi connectivity index (χ4n) is 6.90. The van der Waals surface area contributed by atoms with Crippen LogP contribution in [0.25, 0.3) is 0 Å². The summed E-state index contributed by atoms with van der Waals surface area (Å²) in [6.07, 6.45) is 3.96. The van der Waals surface area contributed by atoms with Crippen molar-refractivity contribution in [3.63, 3.8) is 0 Å². The molecule has 0 bridgehead atoms. The van der Waals surface area contributed by atoms with Gasteiger partial charge in [0.2, 0.25) is 11.8 Å². The van der Waals surface area contributed by atoms with Gasteiger partial charge in [0, 0.05) is 25.2 Å². The van der Waals surface area contributed by atoms with Crippen LogP contribution in [0, 0.1) is 13.8 Å². The van der Waals surface area contributed by atoms with E-state index < -0.39 is 55.6 Å². The lowest BCUT2D eigenvalue weighted by molar-refractivity contribution is -0.118. The van der Waals surface area contributed by atoms with Gasteiger partial charge in [0.05, 0.1) is 38.6 Å². The number of hydrogen-bond donors (Lipinski definition) is 6. The summed E-state index contributed by atoms with van der Waals surface area (Å²) < 4.78 is 59.0. The summed E-state index contributed by atoms with van der Waals surface area (Å²) in [5.74, 6) is -0.789. The number of benzene rings is 4. The summed E-state index contributed by atoms with van der Waals surface area (Å²) in [6.45, 7) is 8.77. The highest BCUT2D eigenvalue weighted by Crippen LogP contribution is 2.27. The van der Waals surface area contributed by atoms with Gasteiger partial charge in [0.25, 0.3) is 20.0 Å². The van der Waals surface area contributed by atoms with Gasteiger partial charge in [-0.1, -0.05) is 71.8 Å². The first kappa shape index (κ1) is 57.2. The van der Waals surface area contributed by atoms with E-state index in [1.54, 1.807) is 75.4 Å². The molecule has 26 heteroatoms. The van der Waals surface area contributed by atoms with Crippen molar-refractivity contribution >= 4 is 84.0 Å². The second kappa shape index (κ2) is 25.1. The SMILES string of the molecule is Cc1ccc(S(=O)(=O)n2cnc(C[C@H](N)C(=O)Nc3ccc(N=Nc4ccccc4)c(N)n3)c2)cc1.Cc1ccc(S(=O)(=O)n2cnc(C[C@H](NC(=O)OC(C)(C)C)C(=O)Nc3ccc(N=Nc4ccccc4)c(N)n3)c2)cc1. The topological polar surface area (TPSA) is 354 Å². The Bertz CT molecular complexity index is 3720. The predicted octanol–water partition coefficient (Wildman–Crippen LogP) is 8.23. The van der Waals surface area contributed by atoms with E-state index in [2.05, 4.69) is 56.3 Å². The van der Waals surface area contributed by atoms with Crippen LogP contribution >= 0.6 is 0 Å². The Morgan fingerprint density at radius 1 is 0.582 bits per heavy atom. The normalized spacial score (nSPS) is 12.5. The summed E-state index contributed by atoms with van der Waals surface area (Å²) in [7, 11) is -7.72. The van der Waals surface area contributed by atoms with Gasteiger partial charge in [-0.2, -0.15) is 10.2 Å². The number of carbonyl (C=O) groups excluding carboxylic acids is 3. The zero-order valence-electron chi connectivity index (χ0n) is 43.4. The largest absolute Gasteiger partial charge is 0.444 e. The summed E-state index contributed by atoms with van der Waals surface area (Å²) in [6, 6.07) is 35.0. The molecule has 0 saturated heterocycles. The summed E-state index contributed by atoms with van der Waals surface area (Å²) in [5, 5.41) is 24.1. The molecule has 0 unspecified atom stereocenters. The maximum Gasteiger partial charge on any atom is 0.408 e. The van der Waals surface area contributed by atoms with Crippen molar-refractivity contribution in [3.8, 4) is 0 Å². The number of aryl methyl sites for hydroxylation is 2. The molecule has 3 amide bonds. The third-order valence-electron chi connectivity index (χ3n) is 11.0. The van der Waals surface area contributed by atoms with E-state index in [1.807, 2.05) is 50.2 Å². The molecule has 0 saturated carbocycles. The van der Waals surface area contributed by atoms with Gasteiger partial charge in [0.1, 0.15) is 47.3 Å². The van der Waals surface area contributed by atoms with Gasteiger partial charge in [0.15, 0.2) is 11.6 Å². The number of carbonyl (C=O) groups is 3. The minimum Gasteiger partial charge on any atom is -0.444 e. The molecule has 0 fully saturated rings. The van der Waals surface area contributed by atoms with Gasteiger partial charge in [-0.05, 0) is 107 Å². The molecule has 0 spiro atoms.